The first kappa shape index (κ1) is 16.7. The number of rotatable bonds is 3. The van der Waals surface area contributed by atoms with Crippen molar-refractivity contribution in [2.45, 2.75) is 12.1 Å². The number of benzene rings is 2. The van der Waals surface area contributed by atoms with E-state index in [9.17, 15) is 0 Å². The Morgan fingerprint density at radius 3 is 1.21 bits per heavy atom. The molecule has 2 N–H and O–H groups in total. The van der Waals surface area contributed by atoms with E-state index in [0.29, 0.717) is 0 Å². The molecule has 0 saturated heterocycles. The van der Waals surface area contributed by atoms with E-state index in [2.05, 4.69) is 0 Å². The van der Waals surface area contributed by atoms with E-state index in [1.165, 1.54) is 0 Å². The summed E-state index contributed by atoms with van der Waals surface area (Å²) in [5.41, 5.74) is 17.9. The zero-order chi connectivity index (χ0) is 14.1. The third-order valence-corrected chi connectivity index (χ3v) is 2.65. The Morgan fingerprint density at radius 2 is 0.947 bits per heavy atom. The van der Waals surface area contributed by atoms with Crippen LogP contribution in [0.5, 0.6) is 0 Å². The van der Waals surface area contributed by atoms with Crippen molar-refractivity contribution in [3.63, 3.8) is 0 Å². The van der Waals surface area contributed by atoms with Gasteiger partial charge in [-0.25, -0.2) is 0 Å². The maximum absolute atomic E-state index is 8.07. The molecule has 2 aromatic rings. The molecular formula is C14H14Cl2N2Pt. The molecular weight excluding hydrogens is 462 g/mol. The molecule has 19 heavy (non-hydrogen) atoms. The Morgan fingerprint density at radius 1 is 0.684 bits per heavy atom. The summed E-state index contributed by atoms with van der Waals surface area (Å²) in [6.07, 6.45) is 0. The minimum absolute atomic E-state index is 0.472. The zero-order valence-corrected chi connectivity index (χ0v) is 13.8. The minimum atomic E-state index is -0.524. The van der Waals surface area contributed by atoms with Gasteiger partial charge in [0.25, 0.3) is 0 Å². The van der Waals surface area contributed by atoms with Crippen LogP contribution < -0.4 is 0 Å². The van der Waals surface area contributed by atoms with Crippen LogP contribution in [-0.4, -0.2) is 0 Å². The van der Waals surface area contributed by atoms with Gasteiger partial charge in [0.2, 0.25) is 0 Å². The molecule has 0 saturated carbocycles. The number of hydrogen-bond donors (Lipinski definition) is 0. The minimum Gasteiger partial charge on any atom is -0.672 e. The van der Waals surface area contributed by atoms with Crippen LogP contribution in [0.4, 0.5) is 0 Å². The summed E-state index contributed by atoms with van der Waals surface area (Å²) < 4.78 is 0. The molecule has 2 nitrogen and oxygen atoms in total. The molecule has 2 rings (SSSR count). The predicted molar refractivity (Wildman–Crippen MR) is 78.7 cm³/mol. The van der Waals surface area contributed by atoms with E-state index in [4.69, 9.17) is 30.3 Å². The second-order valence-electron chi connectivity index (χ2n) is 3.82. The molecule has 0 heterocycles. The maximum Gasteiger partial charge on any atom is -0.0606 e. The second kappa shape index (κ2) is 9.52. The van der Waals surface area contributed by atoms with Gasteiger partial charge in [-0.05, 0) is 0 Å². The van der Waals surface area contributed by atoms with Gasteiger partial charge >= 0.3 is 35.3 Å². The quantitative estimate of drug-likeness (QED) is 0.526. The van der Waals surface area contributed by atoms with Gasteiger partial charge in [0.15, 0.2) is 0 Å². The van der Waals surface area contributed by atoms with Crippen molar-refractivity contribution in [1.82, 2.24) is 0 Å². The molecule has 2 aromatic carbocycles. The average Bonchev–Trinajstić information content (AvgIpc) is 2.48. The van der Waals surface area contributed by atoms with Gasteiger partial charge in [-0.2, -0.15) is 0 Å². The van der Waals surface area contributed by atoms with Crippen molar-refractivity contribution in [3.8, 4) is 0 Å². The van der Waals surface area contributed by atoms with Crippen LogP contribution in [0.15, 0.2) is 60.7 Å². The second-order valence-corrected chi connectivity index (χ2v) is 7.10. The fraction of sp³-hybridized carbons (Fsp3) is 0.143. The van der Waals surface area contributed by atoms with Crippen molar-refractivity contribution < 1.29 is 16.5 Å². The molecule has 0 fully saturated rings. The SMILES string of the molecule is [Cl][Pt+2][Cl].[NH-]C(c1ccccc1)C([NH-])c1ccccc1. The van der Waals surface area contributed by atoms with Crippen LogP contribution in [0.3, 0.4) is 0 Å². The normalized spacial score (nSPS) is 13.3. The van der Waals surface area contributed by atoms with Gasteiger partial charge in [0, 0.05) is 0 Å². The first-order chi connectivity index (χ1) is 9.20. The van der Waals surface area contributed by atoms with E-state index in [0.717, 1.165) is 11.1 Å². The van der Waals surface area contributed by atoms with E-state index >= 15 is 0 Å². The topological polar surface area (TPSA) is 47.6 Å². The summed E-state index contributed by atoms with van der Waals surface area (Å²) in [6.45, 7) is 0. The van der Waals surface area contributed by atoms with E-state index in [-0.39, 0.29) is 0 Å². The number of nitrogens with one attached hydrogen (secondary N) is 2. The van der Waals surface area contributed by atoms with Crippen LogP contribution in [0, 0.1) is 0 Å². The largest absolute Gasteiger partial charge is 0.672 e. The van der Waals surface area contributed by atoms with Crippen molar-refractivity contribution in [3.05, 3.63) is 83.3 Å². The van der Waals surface area contributed by atoms with Crippen molar-refractivity contribution >= 4 is 18.8 Å². The molecule has 0 aliphatic rings. The monoisotopic (exact) mass is 475 g/mol. The van der Waals surface area contributed by atoms with Gasteiger partial charge in [-0.15, -0.1) is 12.1 Å². The van der Waals surface area contributed by atoms with E-state index < -0.39 is 28.6 Å². The van der Waals surface area contributed by atoms with Crippen LogP contribution in [-0.2, 0) is 16.5 Å². The zero-order valence-electron chi connectivity index (χ0n) is 10.0. The van der Waals surface area contributed by atoms with E-state index in [1.54, 1.807) is 0 Å². The Hall–Kier alpha value is -0.372. The Balaban J connectivity index is 0.000000550. The third kappa shape index (κ3) is 5.64. The first-order valence-electron chi connectivity index (χ1n) is 5.55. The first-order valence-corrected chi connectivity index (χ1v) is 11.2. The summed E-state index contributed by atoms with van der Waals surface area (Å²) in [7, 11) is 9.75. The number of hydrogen-bond acceptors (Lipinski definition) is 0. The fourth-order valence-corrected chi connectivity index (χ4v) is 1.71. The van der Waals surface area contributed by atoms with Gasteiger partial charge in [-0.3, -0.25) is 0 Å². The fourth-order valence-electron chi connectivity index (χ4n) is 1.71. The standard InChI is InChI=1S/C14H14N2.2ClH.Pt/c15-13(11-7-3-1-4-8-11)14(16)12-9-5-2-6-10-12;;;/h1-10,13-16H;2*1H;/q-2;;;+4/p-2. The maximum atomic E-state index is 8.07. The molecule has 0 aromatic heterocycles. The smallest absolute Gasteiger partial charge is 0.0606 e. The van der Waals surface area contributed by atoms with Gasteiger partial charge in [-0.1, -0.05) is 71.8 Å². The summed E-state index contributed by atoms with van der Waals surface area (Å²) in [5, 5.41) is 0. The van der Waals surface area contributed by atoms with Crippen LogP contribution in [0.25, 0.3) is 11.5 Å². The molecule has 2 unspecified atom stereocenters. The molecule has 0 aliphatic carbocycles. The van der Waals surface area contributed by atoms with Crippen molar-refractivity contribution in [1.29, 1.82) is 0 Å². The molecule has 0 aliphatic heterocycles. The summed E-state index contributed by atoms with van der Waals surface area (Å²) in [6, 6.07) is 18.1. The Kier molecular flexibility index (Phi) is 8.36. The van der Waals surface area contributed by atoms with Gasteiger partial charge < -0.3 is 11.5 Å². The Labute approximate surface area is 130 Å². The molecule has 0 bridgehead atoms. The van der Waals surface area contributed by atoms with E-state index in [1.807, 2.05) is 60.7 Å². The molecule has 0 spiro atoms. The molecule has 0 amide bonds. The third-order valence-electron chi connectivity index (χ3n) is 2.65. The summed E-state index contributed by atoms with van der Waals surface area (Å²) >= 11 is -0.472. The van der Waals surface area contributed by atoms with Crippen molar-refractivity contribution in [2.24, 2.45) is 0 Å². The van der Waals surface area contributed by atoms with Crippen LogP contribution >= 0.6 is 18.8 Å². The average molecular weight is 476 g/mol. The molecule has 104 valence electrons. The molecule has 0 radical (unpaired) electrons. The Bertz CT molecular complexity index is 410. The van der Waals surface area contributed by atoms with Gasteiger partial charge in [0.1, 0.15) is 0 Å². The summed E-state index contributed by atoms with van der Waals surface area (Å²) in [5.74, 6) is 0. The molecule has 5 heteroatoms. The van der Waals surface area contributed by atoms with Crippen LogP contribution in [0.2, 0.25) is 0 Å². The van der Waals surface area contributed by atoms with Crippen molar-refractivity contribution in [2.75, 3.05) is 0 Å². The predicted octanol–water partition coefficient (Wildman–Crippen LogP) is 5.95. The molecule has 2 atom stereocenters. The number of halogens is 2. The van der Waals surface area contributed by atoms with Crippen LogP contribution in [0.1, 0.15) is 23.2 Å². The van der Waals surface area contributed by atoms with Gasteiger partial charge in [0.05, 0.1) is 0 Å². The summed E-state index contributed by atoms with van der Waals surface area (Å²) in [4.78, 5) is 0.